The smallest absolute Gasteiger partial charge is 0.342 e. The molecule has 0 bridgehead atoms. The Morgan fingerprint density at radius 2 is 1.84 bits per heavy atom. The molecule has 0 aromatic heterocycles. The van der Waals surface area contributed by atoms with Gasteiger partial charge in [-0.15, -0.1) is 0 Å². The maximum atomic E-state index is 11.8. The van der Waals surface area contributed by atoms with Crippen LogP contribution in [0.15, 0.2) is 30.3 Å². The van der Waals surface area contributed by atoms with Crippen molar-refractivity contribution in [2.75, 3.05) is 13.2 Å². The maximum Gasteiger partial charge on any atom is 0.342 e. The Hall–Kier alpha value is -1.88. The molecule has 5 nitrogen and oxygen atoms in total. The van der Waals surface area contributed by atoms with Gasteiger partial charge >= 0.3 is 11.9 Å². The summed E-state index contributed by atoms with van der Waals surface area (Å²) < 4.78 is 9.59. The van der Waals surface area contributed by atoms with Crippen molar-refractivity contribution >= 4 is 11.9 Å². The van der Waals surface area contributed by atoms with Gasteiger partial charge in [-0.05, 0) is 12.5 Å². The van der Waals surface area contributed by atoms with Gasteiger partial charge in [0, 0.05) is 13.3 Å². The van der Waals surface area contributed by atoms with E-state index in [1.54, 1.807) is 31.2 Å². The minimum absolute atomic E-state index is 0.0277. The average Bonchev–Trinajstić information content (AvgIpc) is 2.38. The van der Waals surface area contributed by atoms with Crippen molar-refractivity contribution in [2.45, 2.75) is 25.9 Å². The highest BCUT2D eigenvalue weighted by atomic mass is 16.6. The summed E-state index contributed by atoms with van der Waals surface area (Å²) in [5.41, 5.74) is -1.10. The quantitative estimate of drug-likeness (QED) is 0.780. The minimum Gasteiger partial charge on any atom is -0.464 e. The first-order valence-electron chi connectivity index (χ1n) is 6.05. The number of hydrogen-bond donors (Lipinski definition) is 1. The van der Waals surface area contributed by atoms with Crippen LogP contribution in [-0.2, 0) is 25.5 Å². The van der Waals surface area contributed by atoms with Crippen molar-refractivity contribution in [3.63, 3.8) is 0 Å². The van der Waals surface area contributed by atoms with Gasteiger partial charge in [-0.25, -0.2) is 4.79 Å². The van der Waals surface area contributed by atoms with Gasteiger partial charge in [-0.1, -0.05) is 30.3 Å². The van der Waals surface area contributed by atoms with Crippen molar-refractivity contribution in [1.82, 2.24) is 0 Å². The van der Waals surface area contributed by atoms with Gasteiger partial charge in [0.1, 0.15) is 6.61 Å². The van der Waals surface area contributed by atoms with Crippen LogP contribution in [-0.4, -0.2) is 35.9 Å². The number of benzene rings is 1. The molecule has 1 atom stereocenters. The van der Waals surface area contributed by atoms with E-state index in [-0.39, 0.29) is 13.0 Å². The van der Waals surface area contributed by atoms with E-state index in [2.05, 4.69) is 0 Å². The van der Waals surface area contributed by atoms with Crippen molar-refractivity contribution in [2.24, 2.45) is 0 Å². The Morgan fingerprint density at radius 1 is 1.21 bits per heavy atom. The molecule has 0 amide bonds. The molecule has 0 spiro atoms. The first kappa shape index (κ1) is 15.2. The molecule has 19 heavy (non-hydrogen) atoms. The van der Waals surface area contributed by atoms with Gasteiger partial charge in [0.2, 0.25) is 0 Å². The van der Waals surface area contributed by atoms with Crippen LogP contribution in [0.1, 0.15) is 19.4 Å². The summed E-state index contributed by atoms with van der Waals surface area (Å²) in [6, 6.07) is 8.98. The molecule has 5 heteroatoms. The van der Waals surface area contributed by atoms with E-state index in [0.717, 1.165) is 5.56 Å². The van der Waals surface area contributed by atoms with Crippen LogP contribution in [0, 0.1) is 0 Å². The lowest BCUT2D eigenvalue weighted by Crippen LogP contribution is -2.47. The van der Waals surface area contributed by atoms with E-state index in [9.17, 15) is 14.7 Å². The van der Waals surface area contributed by atoms with E-state index in [1.165, 1.54) is 6.92 Å². The Kier molecular flexibility index (Phi) is 5.51. The van der Waals surface area contributed by atoms with Crippen molar-refractivity contribution in [3.05, 3.63) is 35.9 Å². The molecule has 0 aliphatic carbocycles. The second-order valence-electron chi connectivity index (χ2n) is 4.19. The number of esters is 2. The molecule has 0 aliphatic heterocycles. The number of carbonyl (C=O) groups is 2. The zero-order valence-corrected chi connectivity index (χ0v) is 11.1. The molecule has 1 aromatic carbocycles. The highest BCUT2D eigenvalue weighted by molar-refractivity contribution is 5.80. The fourth-order valence-corrected chi connectivity index (χ4v) is 1.60. The average molecular weight is 266 g/mol. The highest BCUT2D eigenvalue weighted by Gasteiger charge is 2.39. The topological polar surface area (TPSA) is 72.8 Å². The highest BCUT2D eigenvalue weighted by Crippen LogP contribution is 2.16. The number of ether oxygens (including phenoxy) is 2. The predicted molar refractivity (Wildman–Crippen MR) is 68.4 cm³/mol. The lowest BCUT2D eigenvalue weighted by Gasteiger charge is -2.25. The van der Waals surface area contributed by atoms with Crippen LogP contribution in [0.4, 0.5) is 0 Å². The normalized spacial score (nSPS) is 13.4. The maximum absolute atomic E-state index is 11.8. The Bertz CT molecular complexity index is 429. The van der Waals surface area contributed by atoms with Crippen LogP contribution >= 0.6 is 0 Å². The molecule has 0 saturated carbocycles. The monoisotopic (exact) mass is 266 g/mol. The van der Waals surface area contributed by atoms with Crippen molar-refractivity contribution < 1.29 is 24.2 Å². The van der Waals surface area contributed by atoms with E-state index in [4.69, 9.17) is 9.47 Å². The van der Waals surface area contributed by atoms with Crippen LogP contribution in [0.2, 0.25) is 0 Å². The fourth-order valence-electron chi connectivity index (χ4n) is 1.60. The second-order valence-corrected chi connectivity index (χ2v) is 4.19. The fraction of sp³-hybridized carbons (Fsp3) is 0.429. The van der Waals surface area contributed by atoms with Crippen LogP contribution in [0.3, 0.4) is 0 Å². The molecule has 0 heterocycles. The second kappa shape index (κ2) is 6.89. The van der Waals surface area contributed by atoms with Gasteiger partial charge in [-0.3, -0.25) is 4.79 Å². The first-order chi connectivity index (χ1) is 8.98. The molecular formula is C14H18O5. The Balaban J connectivity index is 2.84. The standard InChI is InChI=1S/C14H18O5/c1-3-18-13(16)14(17,10-19-11(2)15)9-12-7-5-4-6-8-12/h4-8,17H,3,9-10H2,1-2H3/t14-/m0/s1. The van der Waals surface area contributed by atoms with Crippen LogP contribution in [0.25, 0.3) is 0 Å². The molecule has 0 aliphatic rings. The van der Waals surface area contributed by atoms with E-state index in [1.807, 2.05) is 6.07 Å². The molecule has 0 unspecified atom stereocenters. The lowest BCUT2D eigenvalue weighted by molar-refractivity contribution is -0.174. The predicted octanol–water partition coefficient (Wildman–Crippen LogP) is 1.09. The summed E-state index contributed by atoms with van der Waals surface area (Å²) >= 11 is 0. The number of rotatable bonds is 6. The Labute approximate surface area is 112 Å². The van der Waals surface area contributed by atoms with E-state index in [0.29, 0.717) is 0 Å². The zero-order chi connectivity index (χ0) is 14.3. The Morgan fingerprint density at radius 3 is 2.37 bits per heavy atom. The summed E-state index contributed by atoms with van der Waals surface area (Å²) in [5.74, 6) is -1.35. The minimum atomic E-state index is -1.86. The molecule has 0 fully saturated rings. The summed E-state index contributed by atoms with van der Waals surface area (Å²) in [5, 5.41) is 10.4. The third kappa shape index (κ3) is 4.71. The summed E-state index contributed by atoms with van der Waals surface area (Å²) in [7, 11) is 0. The summed E-state index contributed by atoms with van der Waals surface area (Å²) in [6.07, 6.45) is 0.0277. The largest absolute Gasteiger partial charge is 0.464 e. The van der Waals surface area contributed by atoms with Gasteiger partial charge in [-0.2, -0.15) is 0 Å². The van der Waals surface area contributed by atoms with Crippen molar-refractivity contribution in [1.29, 1.82) is 0 Å². The van der Waals surface area contributed by atoms with E-state index < -0.39 is 24.1 Å². The zero-order valence-electron chi connectivity index (χ0n) is 11.1. The van der Waals surface area contributed by atoms with Gasteiger partial charge in [0.25, 0.3) is 0 Å². The summed E-state index contributed by atoms with van der Waals surface area (Å²) in [6.45, 7) is 2.59. The number of hydrogen-bond acceptors (Lipinski definition) is 5. The molecule has 104 valence electrons. The molecule has 1 aromatic rings. The van der Waals surface area contributed by atoms with Crippen molar-refractivity contribution in [3.8, 4) is 0 Å². The number of aliphatic hydroxyl groups is 1. The lowest BCUT2D eigenvalue weighted by atomic mass is 9.95. The molecular weight excluding hydrogens is 248 g/mol. The van der Waals surface area contributed by atoms with Crippen LogP contribution in [0.5, 0.6) is 0 Å². The molecule has 0 saturated heterocycles. The van der Waals surface area contributed by atoms with Crippen LogP contribution < -0.4 is 0 Å². The first-order valence-corrected chi connectivity index (χ1v) is 6.05. The molecule has 1 rings (SSSR count). The van der Waals surface area contributed by atoms with Gasteiger partial charge < -0.3 is 14.6 Å². The summed E-state index contributed by atoms with van der Waals surface area (Å²) in [4.78, 5) is 22.7. The van der Waals surface area contributed by atoms with Gasteiger partial charge in [0.05, 0.1) is 6.61 Å². The third-order valence-electron chi connectivity index (χ3n) is 2.51. The third-order valence-corrected chi connectivity index (χ3v) is 2.51. The SMILES string of the molecule is CCOC(=O)[C@@](O)(COC(C)=O)Cc1ccccc1. The number of carbonyl (C=O) groups excluding carboxylic acids is 2. The van der Waals surface area contributed by atoms with Gasteiger partial charge in [0.15, 0.2) is 5.60 Å². The van der Waals surface area contributed by atoms with E-state index >= 15 is 0 Å². The molecule has 1 N–H and O–H groups in total. The molecule has 0 radical (unpaired) electrons.